The van der Waals surface area contributed by atoms with Crippen molar-refractivity contribution in [2.75, 3.05) is 6.61 Å². The number of hydrogen-bond acceptors (Lipinski definition) is 5. The van der Waals surface area contributed by atoms with E-state index in [-0.39, 0.29) is 17.9 Å². The van der Waals surface area contributed by atoms with Crippen LogP contribution in [0.4, 0.5) is 0 Å². The maximum Gasteiger partial charge on any atom is 0.341 e. The molecule has 0 radical (unpaired) electrons. The molecule has 27 heavy (non-hydrogen) atoms. The number of carboxylic acid groups (broad SMARTS) is 1. The largest absolute Gasteiger partial charge is 0.482 e. The van der Waals surface area contributed by atoms with Gasteiger partial charge in [-0.1, -0.05) is 18.2 Å². The van der Waals surface area contributed by atoms with Crippen LogP contribution in [0.15, 0.2) is 47.9 Å². The SMILES string of the molecule is NC(=O)[C@@H]1CC=CC[C@H]1NCc1cc(-c2cccs2)ccc1OCC(=O)O. The first-order chi connectivity index (χ1) is 13.0. The Bertz CT molecular complexity index is 833. The van der Waals surface area contributed by atoms with E-state index in [9.17, 15) is 9.59 Å². The highest BCUT2D eigenvalue weighted by Crippen LogP contribution is 2.30. The number of carbonyl (C=O) groups excluding carboxylic acids is 1. The number of hydrogen-bond donors (Lipinski definition) is 3. The lowest BCUT2D eigenvalue weighted by Gasteiger charge is -2.27. The van der Waals surface area contributed by atoms with Crippen molar-refractivity contribution in [3.8, 4) is 16.2 Å². The van der Waals surface area contributed by atoms with Gasteiger partial charge in [0.2, 0.25) is 5.91 Å². The van der Waals surface area contributed by atoms with E-state index in [2.05, 4.69) is 5.32 Å². The normalized spacial score (nSPS) is 19.0. The average molecular weight is 386 g/mol. The molecule has 2 aromatic rings. The molecule has 1 heterocycles. The van der Waals surface area contributed by atoms with Gasteiger partial charge in [0.25, 0.3) is 0 Å². The zero-order valence-electron chi connectivity index (χ0n) is 14.8. The lowest BCUT2D eigenvalue weighted by atomic mass is 9.88. The third kappa shape index (κ3) is 4.96. The summed E-state index contributed by atoms with van der Waals surface area (Å²) in [6, 6.07) is 9.67. The first kappa shape index (κ1) is 19.1. The molecule has 0 fully saturated rings. The van der Waals surface area contributed by atoms with Crippen LogP contribution in [0.25, 0.3) is 10.4 Å². The number of ether oxygens (including phenoxy) is 1. The third-order valence-electron chi connectivity index (χ3n) is 4.57. The molecule has 0 bridgehead atoms. The van der Waals surface area contributed by atoms with Gasteiger partial charge in [0.1, 0.15) is 5.75 Å². The summed E-state index contributed by atoms with van der Waals surface area (Å²) in [4.78, 5) is 23.7. The van der Waals surface area contributed by atoms with E-state index < -0.39 is 12.6 Å². The van der Waals surface area contributed by atoms with Crippen LogP contribution in [-0.2, 0) is 16.1 Å². The van der Waals surface area contributed by atoms with Crippen molar-refractivity contribution in [3.63, 3.8) is 0 Å². The molecule has 7 heteroatoms. The number of aliphatic carboxylic acids is 1. The molecule has 6 nitrogen and oxygen atoms in total. The molecule has 1 amide bonds. The fourth-order valence-electron chi connectivity index (χ4n) is 3.19. The topological polar surface area (TPSA) is 102 Å². The highest BCUT2D eigenvalue weighted by atomic mass is 32.1. The minimum absolute atomic E-state index is 0.0507. The van der Waals surface area contributed by atoms with E-state index in [1.807, 2.05) is 41.8 Å². The van der Waals surface area contributed by atoms with E-state index in [4.69, 9.17) is 15.6 Å². The second-order valence-corrected chi connectivity index (χ2v) is 7.37. The van der Waals surface area contributed by atoms with Crippen LogP contribution in [0.5, 0.6) is 5.75 Å². The molecule has 1 aromatic heterocycles. The van der Waals surface area contributed by atoms with Gasteiger partial charge < -0.3 is 20.9 Å². The van der Waals surface area contributed by atoms with Gasteiger partial charge in [-0.3, -0.25) is 4.79 Å². The number of benzene rings is 1. The van der Waals surface area contributed by atoms with Gasteiger partial charge in [-0.05, 0) is 48.1 Å². The first-order valence-corrected chi connectivity index (χ1v) is 9.61. The van der Waals surface area contributed by atoms with Crippen molar-refractivity contribution in [2.24, 2.45) is 11.7 Å². The molecule has 0 aliphatic heterocycles. The minimum atomic E-state index is -1.03. The van der Waals surface area contributed by atoms with Gasteiger partial charge in [0.15, 0.2) is 6.61 Å². The Morgan fingerprint density at radius 3 is 2.78 bits per heavy atom. The summed E-state index contributed by atoms with van der Waals surface area (Å²) in [6.07, 6.45) is 5.38. The molecule has 0 saturated heterocycles. The van der Waals surface area contributed by atoms with Crippen LogP contribution in [-0.4, -0.2) is 29.6 Å². The summed E-state index contributed by atoms with van der Waals surface area (Å²) in [5.74, 6) is -1.07. The summed E-state index contributed by atoms with van der Waals surface area (Å²) >= 11 is 1.63. The van der Waals surface area contributed by atoms with Crippen molar-refractivity contribution >= 4 is 23.2 Å². The van der Waals surface area contributed by atoms with E-state index in [0.717, 1.165) is 22.4 Å². The van der Waals surface area contributed by atoms with Crippen molar-refractivity contribution in [3.05, 3.63) is 53.4 Å². The molecule has 1 aliphatic rings. The fourth-order valence-corrected chi connectivity index (χ4v) is 3.91. The number of carboxylic acids is 1. The van der Waals surface area contributed by atoms with Gasteiger partial charge in [-0.2, -0.15) is 0 Å². The monoisotopic (exact) mass is 386 g/mol. The Labute approximate surface area is 161 Å². The number of primary amides is 1. The molecule has 1 aromatic carbocycles. The standard InChI is InChI=1S/C20H22N2O4S/c21-20(25)15-4-1-2-5-16(15)22-11-14-10-13(18-6-3-9-27-18)7-8-17(14)26-12-19(23)24/h1-3,6-10,15-16,22H,4-5,11-12H2,(H2,21,25)(H,23,24)/t15-,16-/m1/s1. The molecule has 0 spiro atoms. The van der Waals surface area contributed by atoms with Crippen LogP contribution >= 0.6 is 11.3 Å². The summed E-state index contributed by atoms with van der Waals surface area (Å²) in [5, 5.41) is 14.3. The molecular weight excluding hydrogens is 364 g/mol. The second kappa shape index (κ2) is 8.83. The molecule has 1 aliphatic carbocycles. The molecule has 2 atom stereocenters. The molecule has 0 unspecified atom stereocenters. The number of amides is 1. The smallest absolute Gasteiger partial charge is 0.341 e. The van der Waals surface area contributed by atoms with Crippen molar-refractivity contribution in [2.45, 2.75) is 25.4 Å². The average Bonchev–Trinajstić information content (AvgIpc) is 3.19. The number of carbonyl (C=O) groups is 2. The summed E-state index contributed by atoms with van der Waals surface area (Å²) < 4.78 is 5.44. The maximum atomic E-state index is 11.7. The number of rotatable bonds is 8. The molecule has 142 valence electrons. The van der Waals surface area contributed by atoms with Crippen molar-refractivity contribution < 1.29 is 19.4 Å². The summed E-state index contributed by atoms with van der Waals surface area (Å²) in [6.45, 7) is 0.0535. The molecule has 3 rings (SSSR count). The number of allylic oxidation sites excluding steroid dienone is 1. The van der Waals surface area contributed by atoms with Gasteiger partial charge in [0, 0.05) is 23.0 Å². The maximum absolute atomic E-state index is 11.7. The predicted octanol–water partition coefficient (Wildman–Crippen LogP) is 2.79. The fraction of sp³-hybridized carbons (Fsp3) is 0.300. The quantitative estimate of drug-likeness (QED) is 0.606. The lowest BCUT2D eigenvalue weighted by molar-refractivity contribution is -0.139. The Morgan fingerprint density at radius 2 is 2.07 bits per heavy atom. The number of nitrogens with one attached hydrogen (secondary N) is 1. The molecule has 0 saturated carbocycles. The van der Waals surface area contributed by atoms with Crippen LogP contribution in [0.1, 0.15) is 18.4 Å². The highest BCUT2D eigenvalue weighted by molar-refractivity contribution is 7.13. The van der Waals surface area contributed by atoms with Crippen molar-refractivity contribution in [1.29, 1.82) is 0 Å². The first-order valence-electron chi connectivity index (χ1n) is 8.73. The third-order valence-corrected chi connectivity index (χ3v) is 5.49. The van der Waals surface area contributed by atoms with Crippen LogP contribution < -0.4 is 15.8 Å². The van der Waals surface area contributed by atoms with Crippen LogP contribution in [0.3, 0.4) is 0 Å². The van der Waals surface area contributed by atoms with Crippen LogP contribution in [0, 0.1) is 5.92 Å². The Balaban J connectivity index is 1.80. The number of thiophene rings is 1. The summed E-state index contributed by atoms with van der Waals surface area (Å²) in [7, 11) is 0. The van der Waals surface area contributed by atoms with E-state index in [1.165, 1.54) is 0 Å². The Kier molecular flexibility index (Phi) is 6.26. The van der Waals surface area contributed by atoms with Crippen LogP contribution in [0.2, 0.25) is 0 Å². The van der Waals surface area contributed by atoms with E-state index >= 15 is 0 Å². The highest BCUT2D eigenvalue weighted by Gasteiger charge is 2.26. The van der Waals surface area contributed by atoms with Gasteiger partial charge in [0.05, 0.1) is 5.92 Å². The lowest BCUT2D eigenvalue weighted by Crippen LogP contribution is -2.43. The number of nitrogens with two attached hydrogens (primary N) is 1. The molecular formula is C20H22N2O4S. The predicted molar refractivity (Wildman–Crippen MR) is 105 cm³/mol. The van der Waals surface area contributed by atoms with Gasteiger partial charge in [-0.15, -0.1) is 11.3 Å². The second-order valence-electron chi connectivity index (χ2n) is 6.42. The van der Waals surface area contributed by atoms with Crippen molar-refractivity contribution in [1.82, 2.24) is 5.32 Å². The molecule has 4 N–H and O–H groups in total. The summed E-state index contributed by atoms with van der Waals surface area (Å²) in [5.41, 5.74) is 7.41. The van der Waals surface area contributed by atoms with Gasteiger partial charge >= 0.3 is 5.97 Å². The van der Waals surface area contributed by atoms with E-state index in [0.29, 0.717) is 18.7 Å². The minimum Gasteiger partial charge on any atom is -0.482 e. The Hall–Kier alpha value is -2.64. The van der Waals surface area contributed by atoms with E-state index in [1.54, 1.807) is 17.4 Å². The zero-order valence-corrected chi connectivity index (χ0v) is 15.6. The zero-order chi connectivity index (χ0) is 19.2. The van der Waals surface area contributed by atoms with Gasteiger partial charge in [-0.25, -0.2) is 4.79 Å². The Morgan fingerprint density at radius 1 is 1.26 bits per heavy atom.